The molecule has 0 bridgehead atoms. The van der Waals surface area contributed by atoms with Gasteiger partial charge in [-0.15, -0.1) is 0 Å². The number of hydrogen-bond donors (Lipinski definition) is 2. The van der Waals surface area contributed by atoms with Crippen molar-refractivity contribution in [2.75, 3.05) is 6.61 Å². The number of amides is 1. The average molecular weight is 263 g/mol. The van der Waals surface area contributed by atoms with Crippen molar-refractivity contribution in [3.8, 4) is 0 Å². The van der Waals surface area contributed by atoms with E-state index in [4.69, 9.17) is 9.84 Å². The lowest BCUT2D eigenvalue weighted by Gasteiger charge is -2.19. The van der Waals surface area contributed by atoms with Gasteiger partial charge in [-0.05, 0) is 18.4 Å². The molecule has 1 heterocycles. The molecule has 19 heavy (non-hydrogen) atoms. The van der Waals surface area contributed by atoms with Crippen LogP contribution >= 0.6 is 0 Å². The quantitative estimate of drug-likeness (QED) is 0.844. The molecule has 0 saturated carbocycles. The van der Waals surface area contributed by atoms with Crippen LogP contribution in [0.4, 0.5) is 0 Å². The van der Waals surface area contributed by atoms with Crippen LogP contribution in [0.1, 0.15) is 30.9 Å². The van der Waals surface area contributed by atoms with E-state index in [0.29, 0.717) is 13.0 Å². The molecule has 2 rings (SSSR count). The second kappa shape index (κ2) is 6.33. The summed E-state index contributed by atoms with van der Waals surface area (Å²) >= 11 is 0. The van der Waals surface area contributed by atoms with Crippen molar-refractivity contribution in [2.45, 2.75) is 31.4 Å². The molecule has 2 N–H and O–H groups in total. The fraction of sp³-hybridized carbons (Fsp3) is 0.429. The Labute approximate surface area is 111 Å². The Hall–Kier alpha value is -1.88. The first-order valence-corrected chi connectivity index (χ1v) is 6.35. The summed E-state index contributed by atoms with van der Waals surface area (Å²) in [6.07, 6.45) is 0.982. The van der Waals surface area contributed by atoms with Crippen molar-refractivity contribution in [1.29, 1.82) is 0 Å². The van der Waals surface area contributed by atoms with Crippen molar-refractivity contribution < 1.29 is 19.4 Å². The molecule has 1 aromatic rings. The Morgan fingerprint density at radius 2 is 2.11 bits per heavy atom. The number of ether oxygens (including phenoxy) is 1. The zero-order valence-electron chi connectivity index (χ0n) is 10.5. The average Bonchev–Trinajstić information content (AvgIpc) is 2.92. The third kappa shape index (κ3) is 3.79. The van der Waals surface area contributed by atoms with Crippen LogP contribution in [0, 0.1) is 0 Å². The highest BCUT2D eigenvalue weighted by atomic mass is 16.5. The summed E-state index contributed by atoms with van der Waals surface area (Å²) in [6, 6.07) is 8.59. The number of carbonyl (C=O) groups excluding carboxylic acids is 1. The van der Waals surface area contributed by atoms with E-state index < -0.39 is 18.1 Å². The summed E-state index contributed by atoms with van der Waals surface area (Å²) in [5, 5.41) is 11.7. The summed E-state index contributed by atoms with van der Waals surface area (Å²) in [7, 11) is 0. The topological polar surface area (TPSA) is 75.6 Å². The maximum absolute atomic E-state index is 12.0. The van der Waals surface area contributed by atoms with Gasteiger partial charge in [0.25, 0.3) is 0 Å². The molecule has 0 aliphatic carbocycles. The summed E-state index contributed by atoms with van der Waals surface area (Å²) in [4.78, 5) is 22.9. The normalized spacial score (nSPS) is 19.9. The Kier molecular flexibility index (Phi) is 4.52. The fourth-order valence-electron chi connectivity index (χ4n) is 2.16. The summed E-state index contributed by atoms with van der Waals surface area (Å²) in [6.45, 7) is 0.590. The molecule has 2 unspecified atom stereocenters. The maximum Gasteiger partial charge on any atom is 0.305 e. The van der Waals surface area contributed by atoms with Gasteiger partial charge in [0.2, 0.25) is 5.91 Å². The Morgan fingerprint density at radius 1 is 1.37 bits per heavy atom. The molecule has 1 aliphatic heterocycles. The number of nitrogens with one attached hydrogen (secondary N) is 1. The number of rotatable bonds is 5. The van der Waals surface area contributed by atoms with Crippen LogP contribution in [0.3, 0.4) is 0 Å². The van der Waals surface area contributed by atoms with Gasteiger partial charge in [0.1, 0.15) is 6.10 Å². The first kappa shape index (κ1) is 13.5. The molecule has 0 radical (unpaired) electrons. The number of carboxylic acids is 1. The fourth-order valence-corrected chi connectivity index (χ4v) is 2.16. The molecule has 1 amide bonds. The minimum atomic E-state index is -0.943. The van der Waals surface area contributed by atoms with E-state index in [-0.39, 0.29) is 12.3 Å². The number of carbonyl (C=O) groups is 2. The molecule has 5 nitrogen and oxygen atoms in total. The summed E-state index contributed by atoms with van der Waals surface area (Å²) in [5.41, 5.74) is 0.788. The van der Waals surface area contributed by atoms with Gasteiger partial charge in [0, 0.05) is 6.61 Å². The first-order valence-electron chi connectivity index (χ1n) is 6.35. The number of benzene rings is 1. The van der Waals surface area contributed by atoms with Gasteiger partial charge in [-0.3, -0.25) is 9.59 Å². The van der Waals surface area contributed by atoms with Gasteiger partial charge in [-0.1, -0.05) is 30.3 Å². The van der Waals surface area contributed by atoms with Crippen LogP contribution in [-0.4, -0.2) is 29.7 Å². The van der Waals surface area contributed by atoms with Gasteiger partial charge in [-0.25, -0.2) is 0 Å². The monoisotopic (exact) mass is 263 g/mol. The third-order valence-electron chi connectivity index (χ3n) is 3.12. The van der Waals surface area contributed by atoms with Crippen molar-refractivity contribution in [3.05, 3.63) is 35.9 Å². The van der Waals surface area contributed by atoms with Gasteiger partial charge < -0.3 is 15.2 Å². The molecule has 0 spiro atoms. The van der Waals surface area contributed by atoms with E-state index in [1.165, 1.54) is 0 Å². The second-order valence-corrected chi connectivity index (χ2v) is 4.57. The molecule has 1 saturated heterocycles. The summed E-state index contributed by atoms with van der Waals surface area (Å²) < 4.78 is 5.30. The van der Waals surface area contributed by atoms with Gasteiger partial charge in [-0.2, -0.15) is 0 Å². The Balaban J connectivity index is 2.05. The van der Waals surface area contributed by atoms with E-state index >= 15 is 0 Å². The molecule has 5 heteroatoms. The predicted molar refractivity (Wildman–Crippen MR) is 68.6 cm³/mol. The minimum Gasteiger partial charge on any atom is -0.481 e. The molecule has 1 fully saturated rings. The zero-order chi connectivity index (χ0) is 13.7. The number of aliphatic carboxylic acids is 1. The molecular weight excluding hydrogens is 246 g/mol. The van der Waals surface area contributed by atoms with Crippen LogP contribution in [-0.2, 0) is 14.3 Å². The lowest BCUT2D eigenvalue weighted by Crippen LogP contribution is -2.37. The standard InChI is InChI=1S/C14H17NO4/c16-13(17)9-11(10-5-2-1-3-6-10)15-14(18)12-7-4-8-19-12/h1-3,5-6,11-12H,4,7-9H2,(H,15,18)(H,16,17). The van der Waals surface area contributed by atoms with Gasteiger partial charge in [0.15, 0.2) is 0 Å². The molecular formula is C14H17NO4. The third-order valence-corrected chi connectivity index (χ3v) is 3.12. The molecule has 1 aromatic carbocycles. The van der Waals surface area contributed by atoms with Crippen molar-refractivity contribution in [1.82, 2.24) is 5.32 Å². The number of carboxylic acid groups (broad SMARTS) is 1. The highest BCUT2D eigenvalue weighted by Gasteiger charge is 2.26. The largest absolute Gasteiger partial charge is 0.481 e. The van der Waals surface area contributed by atoms with Crippen LogP contribution in [0.25, 0.3) is 0 Å². The van der Waals surface area contributed by atoms with E-state index in [2.05, 4.69) is 5.32 Å². The van der Waals surface area contributed by atoms with E-state index in [1.54, 1.807) is 0 Å². The zero-order valence-corrected chi connectivity index (χ0v) is 10.5. The molecule has 102 valence electrons. The molecule has 2 atom stereocenters. The maximum atomic E-state index is 12.0. The van der Waals surface area contributed by atoms with Crippen molar-refractivity contribution in [3.63, 3.8) is 0 Å². The van der Waals surface area contributed by atoms with Crippen molar-refractivity contribution >= 4 is 11.9 Å². The Bertz CT molecular complexity index is 440. The highest BCUT2D eigenvalue weighted by Crippen LogP contribution is 2.19. The van der Waals surface area contributed by atoms with Crippen molar-refractivity contribution in [2.24, 2.45) is 0 Å². The van der Waals surface area contributed by atoms with Crippen LogP contribution in [0.15, 0.2) is 30.3 Å². The SMILES string of the molecule is O=C(O)CC(NC(=O)C1CCCO1)c1ccccc1. The minimum absolute atomic E-state index is 0.136. The second-order valence-electron chi connectivity index (χ2n) is 4.57. The van der Waals surface area contributed by atoms with E-state index in [1.807, 2.05) is 30.3 Å². The van der Waals surface area contributed by atoms with E-state index in [9.17, 15) is 9.59 Å². The van der Waals surface area contributed by atoms with Gasteiger partial charge in [0.05, 0.1) is 12.5 Å². The highest BCUT2D eigenvalue weighted by molar-refractivity contribution is 5.82. The van der Waals surface area contributed by atoms with Crippen LogP contribution in [0.5, 0.6) is 0 Å². The van der Waals surface area contributed by atoms with Crippen LogP contribution in [0.2, 0.25) is 0 Å². The van der Waals surface area contributed by atoms with Gasteiger partial charge >= 0.3 is 5.97 Å². The number of hydrogen-bond acceptors (Lipinski definition) is 3. The van der Waals surface area contributed by atoms with E-state index in [0.717, 1.165) is 12.0 Å². The smallest absolute Gasteiger partial charge is 0.305 e. The lowest BCUT2D eigenvalue weighted by atomic mass is 10.0. The molecule has 1 aliphatic rings. The first-order chi connectivity index (χ1) is 9.16. The molecule has 0 aromatic heterocycles. The lowest BCUT2D eigenvalue weighted by molar-refractivity contribution is -0.138. The summed E-state index contributed by atoms with van der Waals surface area (Å²) in [5.74, 6) is -1.17. The Morgan fingerprint density at radius 3 is 2.68 bits per heavy atom. The predicted octanol–water partition coefficient (Wildman–Crippen LogP) is 1.50. The van der Waals surface area contributed by atoms with Crippen LogP contribution < -0.4 is 5.32 Å².